The van der Waals surface area contributed by atoms with Gasteiger partial charge >= 0.3 is 10.1 Å². The van der Waals surface area contributed by atoms with Crippen molar-refractivity contribution < 1.29 is 17.4 Å². The number of para-hydroxylation sites is 1. The molecule has 4 rings (SSSR count). The van der Waals surface area contributed by atoms with Gasteiger partial charge in [0.15, 0.2) is 11.5 Å². The van der Waals surface area contributed by atoms with Crippen LogP contribution in [0, 0.1) is 6.92 Å². The first kappa shape index (κ1) is 19.6. The molecule has 1 heterocycles. The average molecular weight is 418 g/mol. The minimum atomic E-state index is -4.07. The summed E-state index contributed by atoms with van der Waals surface area (Å²) in [4.78, 5) is 13.1. The summed E-state index contributed by atoms with van der Waals surface area (Å²) in [5.74, 6) is -0.415. The van der Waals surface area contributed by atoms with E-state index in [-0.39, 0.29) is 22.0 Å². The van der Waals surface area contributed by atoms with Gasteiger partial charge < -0.3 is 4.18 Å². The number of ketones is 1. The Kier molecular flexibility index (Phi) is 5.20. The lowest BCUT2D eigenvalue weighted by molar-refractivity contribution is 0.103. The van der Waals surface area contributed by atoms with Gasteiger partial charge in [-0.15, -0.1) is 0 Å². The first-order chi connectivity index (χ1) is 14.4. The molecule has 0 bridgehead atoms. The van der Waals surface area contributed by atoms with Crippen LogP contribution in [0.4, 0.5) is 0 Å². The van der Waals surface area contributed by atoms with E-state index in [9.17, 15) is 13.2 Å². The van der Waals surface area contributed by atoms with E-state index < -0.39 is 10.1 Å². The molecule has 0 aliphatic heterocycles. The second kappa shape index (κ2) is 7.96. The van der Waals surface area contributed by atoms with Crippen molar-refractivity contribution in [1.29, 1.82) is 0 Å². The number of aromatic nitrogens is 2. The minimum absolute atomic E-state index is 0.0134. The standard InChI is InChI=1S/C23H18N2O4S/c1-17-11-13-19(14-12-17)25-16-18(15-24-25)23(26)21-9-5-6-10-22(21)29-30(27,28)20-7-3-2-4-8-20/h2-16H,1H3. The van der Waals surface area contributed by atoms with E-state index in [0.29, 0.717) is 5.56 Å². The summed E-state index contributed by atoms with van der Waals surface area (Å²) in [7, 11) is -4.07. The Morgan fingerprint density at radius 1 is 0.900 bits per heavy atom. The molecule has 0 fully saturated rings. The van der Waals surface area contributed by atoms with Crippen LogP contribution in [0.15, 0.2) is 96.2 Å². The average Bonchev–Trinajstić information content (AvgIpc) is 3.25. The lowest BCUT2D eigenvalue weighted by atomic mass is 10.1. The van der Waals surface area contributed by atoms with E-state index >= 15 is 0 Å². The molecular formula is C23H18N2O4S. The monoisotopic (exact) mass is 418 g/mol. The summed E-state index contributed by atoms with van der Waals surface area (Å²) in [6.45, 7) is 1.99. The van der Waals surface area contributed by atoms with Crippen LogP contribution in [-0.2, 0) is 10.1 Å². The highest BCUT2D eigenvalue weighted by molar-refractivity contribution is 7.87. The molecule has 3 aromatic carbocycles. The zero-order chi connectivity index (χ0) is 21.1. The second-order valence-corrected chi connectivity index (χ2v) is 8.23. The molecule has 0 aliphatic carbocycles. The van der Waals surface area contributed by atoms with Gasteiger partial charge in [-0.3, -0.25) is 4.79 Å². The molecule has 0 unspecified atom stereocenters. The fraction of sp³-hybridized carbons (Fsp3) is 0.0435. The van der Waals surface area contributed by atoms with Crippen LogP contribution < -0.4 is 4.18 Å². The highest BCUT2D eigenvalue weighted by Crippen LogP contribution is 2.25. The minimum Gasteiger partial charge on any atom is -0.378 e. The number of carbonyl (C=O) groups is 1. The predicted molar refractivity (Wildman–Crippen MR) is 112 cm³/mol. The quantitative estimate of drug-likeness (QED) is 0.347. The molecule has 150 valence electrons. The van der Waals surface area contributed by atoms with Gasteiger partial charge in [-0.1, -0.05) is 48.0 Å². The van der Waals surface area contributed by atoms with Crippen molar-refractivity contribution in [3.8, 4) is 11.4 Å². The third-order valence-corrected chi connectivity index (χ3v) is 5.75. The Bertz CT molecular complexity index is 1290. The SMILES string of the molecule is Cc1ccc(-n2cc(C(=O)c3ccccc3OS(=O)(=O)c3ccccc3)cn2)cc1. The highest BCUT2D eigenvalue weighted by atomic mass is 32.2. The lowest BCUT2D eigenvalue weighted by Crippen LogP contribution is -2.12. The molecule has 6 nitrogen and oxygen atoms in total. The van der Waals surface area contributed by atoms with Crippen LogP contribution in [-0.4, -0.2) is 24.0 Å². The molecule has 7 heteroatoms. The topological polar surface area (TPSA) is 78.3 Å². The molecule has 0 N–H and O–H groups in total. The van der Waals surface area contributed by atoms with E-state index in [2.05, 4.69) is 5.10 Å². The largest absolute Gasteiger partial charge is 0.378 e. The smallest absolute Gasteiger partial charge is 0.339 e. The van der Waals surface area contributed by atoms with Crippen LogP contribution in [0.25, 0.3) is 5.69 Å². The summed E-state index contributed by atoms with van der Waals surface area (Å²) < 4.78 is 32.0. The van der Waals surface area contributed by atoms with Gasteiger partial charge in [0.25, 0.3) is 0 Å². The van der Waals surface area contributed by atoms with E-state index in [1.165, 1.54) is 30.5 Å². The van der Waals surface area contributed by atoms with Crippen molar-refractivity contribution in [2.75, 3.05) is 0 Å². The van der Waals surface area contributed by atoms with E-state index in [1.807, 2.05) is 31.2 Å². The summed E-state index contributed by atoms with van der Waals surface area (Å²) in [5.41, 5.74) is 2.40. The van der Waals surface area contributed by atoms with Gasteiger partial charge in [-0.2, -0.15) is 13.5 Å². The normalized spacial score (nSPS) is 11.2. The number of carbonyl (C=O) groups excluding carboxylic acids is 1. The number of hydrogen-bond acceptors (Lipinski definition) is 5. The van der Waals surface area contributed by atoms with Gasteiger partial charge in [0.2, 0.25) is 0 Å². The Morgan fingerprint density at radius 2 is 1.57 bits per heavy atom. The van der Waals surface area contributed by atoms with Gasteiger partial charge in [-0.25, -0.2) is 4.68 Å². The Morgan fingerprint density at radius 3 is 2.30 bits per heavy atom. The fourth-order valence-corrected chi connectivity index (χ4v) is 3.88. The molecule has 0 atom stereocenters. The van der Waals surface area contributed by atoms with Crippen molar-refractivity contribution in [3.63, 3.8) is 0 Å². The van der Waals surface area contributed by atoms with Gasteiger partial charge in [0.05, 0.1) is 23.0 Å². The van der Waals surface area contributed by atoms with Crippen molar-refractivity contribution in [2.24, 2.45) is 0 Å². The first-order valence-corrected chi connectivity index (χ1v) is 10.6. The molecule has 1 aromatic heterocycles. The summed E-state index contributed by atoms with van der Waals surface area (Å²) in [6.07, 6.45) is 3.06. The number of hydrogen-bond donors (Lipinski definition) is 0. The van der Waals surface area contributed by atoms with Crippen LogP contribution in [0.2, 0.25) is 0 Å². The third kappa shape index (κ3) is 4.01. The molecule has 0 spiro atoms. The molecule has 0 radical (unpaired) electrons. The first-order valence-electron chi connectivity index (χ1n) is 9.19. The molecular weight excluding hydrogens is 400 g/mol. The Hall–Kier alpha value is -3.71. The molecule has 30 heavy (non-hydrogen) atoms. The Labute approximate surface area is 174 Å². The maximum absolute atomic E-state index is 13.1. The van der Waals surface area contributed by atoms with Gasteiger partial charge in [-0.05, 0) is 43.3 Å². The number of aryl methyl sites for hydroxylation is 1. The zero-order valence-electron chi connectivity index (χ0n) is 16.1. The predicted octanol–water partition coefficient (Wildman–Crippen LogP) is 4.18. The molecule has 0 amide bonds. The number of rotatable bonds is 6. The van der Waals surface area contributed by atoms with Crippen LogP contribution in [0.3, 0.4) is 0 Å². The van der Waals surface area contributed by atoms with E-state index in [0.717, 1.165) is 11.3 Å². The highest BCUT2D eigenvalue weighted by Gasteiger charge is 2.22. The number of benzene rings is 3. The maximum Gasteiger partial charge on any atom is 0.339 e. The van der Waals surface area contributed by atoms with E-state index in [1.54, 1.807) is 41.2 Å². The number of nitrogens with zero attached hydrogens (tertiary/aromatic N) is 2. The van der Waals surface area contributed by atoms with Gasteiger partial charge in [0, 0.05) is 6.20 Å². The Balaban J connectivity index is 1.64. The molecule has 0 saturated heterocycles. The second-order valence-electron chi connectivity index (χ2n) is 6.68. The maximum atomic E-state index is 13.1. The van der Waals surface area contributed by atoms with Crippen LogP contribution in [0.5, 0.6) is 5.75 Å². The van der Waals surface area contributed by atoms with Crippen molar-refractivity contribution in [2.45, 2.75) is 11.8 Å². The van der Waals surface area contributed by atoms with Crippen molar-refractivity contribution >= 4 is 15.9 Å². The van der Waals surface area contributed by atoms with E-state index in [4.69, 9.17) is 4.18 Å². The van der Waals surface area contributed by atoms with Gasteiger partial charge in [0.1, 0.15) is 4.90 Å². The lowest BCUT2D eigenvalue weighted by Gasteiger charge is -2.10. The fourth-order valence-electron chi connectivity index (χ4n) is 2.91. The molecule has 0 aliphatic rings. The molecule has 0 saturated carbocycles. The van der Waals surface area contributed by atoms with Crippen molar-refractivity contribution in [1.82, 2.24) is 9.78 Å². The van der Waals surface area contributed by atoms with Crippen LogP contribution >= 0.6 is 0 Å². The summed E-state index contributed by atoms with van der Waals surface area (Å²) >= 11 is 0. The third-order valence-electron chi connectivity index (χ3n) is 4.51. The van der Waals surface area contributed by atoms with Crippen LogP contribution in [0.1, 0.15) is 21.5 Å². The molecule has 4 aromatic rings. The summed E-state index contributed by atoms with van der Waals surface area (Å²) in [5, 5.41) is 4.25. The van der Waals surface area contributed by atoms with Crippen molar-refractivity contribution in [3.05, 3.63) is 108 Å². The zero-order valence-corrected chi connectivity index (χ0v) is 16.9. The summed E-state index contributed by atoms with van der Waals surface area (Å²) in [6, 6.07) is 21.8.